The van der Waals surface area contributed by atoms with Crippen LogP contribution in [-0.4, -0.2) is 27.2 Å². The van der Waals surface area contributed by atoms with Crippen LogP contribution >= 0.6 is 11.6 Å². The molecule has 0 saturated heterocycles. The Morgan fingerprint density at radius 2 is 2.12 bits per heavy atom. The maximum absolute atomic E-state index is 12.5. The first-order chi connectivity index (χ1) is 11.3. The van der Waals surface area contributed by atoms with Crippen LogP contribution in [0.15, 0.2) is 36.9 Å². The number of nitrogens with zero attached hydrogens (tertiary/aromatic N) is 3. The molecule has 0 N–H and O–H groups in total. The second kappa shape index (κ2) is 7.62. The molecule has 0 aliphatic rings. The van der Waals surface area contributed by atoms with Crippen LogP contribution in [0.25, 0.3) is 5.70 Å². The number of ketones is 1. The van der Waals surface area contributed by atoms with Gasteiger partial charge in [0.15, 0.2) is 5.78 Å². The van der Waals surface area contributed by atoms with Gasteiger partial charge in [-0.15, -0.1) is 0 Å². The van der Waals surface area contributed by atoms with E-state index >= 15 is 0 Å². The van der Waals surface area contributed by atoms with E-state index in [0.717, 1.165) is 6.42 Å². The highest BCUT2D eigenvalue weighted by atomic mass is 35.5. The van der Waals surface area contributed by atoms with Crippen molar-refractivity contribution in [2.24, 2.45) is 5.41 Å². The Balaban J connectivity index is 2.58. The average Bonchev–Trinajstić information content (AvgIpc) is 3.04. The summed E-state index contributed by atoms with van der Waals surface area (Å²) >= 11 is 6.17. The molecule has 2 aromatic rings. The molecular formula is C18H22ClN3O2. The normalized spacial score (nSPS) is 12.3. The first-order valence-corrected chi connectivity index (χ1v) is 8.24. The zero-order chi connectivity index (χ0) is 17.7. The van der Waals surface area contributed by atoms with Gasteiger partial charge in [-0.05, 0) is 24.6 Å². The number of halogens is 1. The Morgan fingerprint density at radius 1 is 1.38 bits per heavy atom. The third-order valence-electron chi connectivity index (χ3n) is 3.35. The van der Waals surface area contributed by atoms with Gasteiger partial charge in [0, 0.05) is 22.1 Å². The number of benzene rings is 1. The molecule has 6 heteroatoms. The van der Waals surface area contributed by atoms with Gasteiger partial charge in [-0.1, -0.05) is 39.3 Å². The standard InChI is InChI=1S/C18H22ClN3O2/c1-5-8-24-16-7-6-13(19)9-14(16)15(22-12-20-11-21-22)10-17(23)18(2,3)4/h6-7,9-12H,5,8H2,1-4H3/b15-10+. The molecule has 0 saturated carbocycles. The van der Waals surface area contributed by atoms with Crippen molar-refractivity contribution >= 4 is 23.1 Å². The first-order valence-electron chi connectivity index (χ1n) is 7.86. The maximum atomic E-state index is 12.5. The summed E-state index contributed by atoms with van der Waals surface area (Å²) in [5, 5.41) is 4.72. The molecule has 0 aliphatic carbocycles. The number of aromatic nitrogens is 3. The van der Waals surface area contributed by atoms with Crippen LogP contribution in [-0.2, 0) is 4.79 Å². The van der Waals surface area contributed by atoms with Gasteiger partial charge in [-0.3, -0.25) is 4.79 Å². The second-order valence-electron chi connectivity index (χ2n) is 6.47. The van der Waals surface area contributed by atoms with Crippen molar-refractivity contribution in [2.75, 3.05) is 6.61 Å². The topological polar surface area (TPSA) is 57.0 Å². The van der Waals surface area contributed by atoms with Gasteiger partial charge in [-0.2, -0.15) is 5.10 Å². The molecule has 0 radical (unpaired) electrons. The third kappa shape index (κ3) is 4.45. The lowest BCUT2D eigenvalue weighted by Gasteiger charge is -2.17. The molecule has 0 amide bonds. The van der Waals surface area contributed by atoms with Gasteiger partial charge in [0.05, 0.1) is 12.3 Å². The number of ether oxygens (including phenoxy) is 1. The minimum Gasteiger partial charge on any atom is -0.493 e. The molecule has 1 heterocycles. The lowest BCUT2D eigenvalue weighted by Crippen LogP contribution is -2.19. The number of allylic oxidation sites excluding steroid dienone is 1. The smallest absolute Gasteiger partial charge is 0.163 e. The molecule has 0 atom stereocenters. The van der Waals surface area contributed by atoms with E-state index in [4.69, 9.17) is 16.3 Å². The molecule has 2 rings (SSSR count). The summed E-state index contributed by atoms with van der Waals surface area (Å²) in [6.07, 6.45) is 5.42. The molecule has 0 bridgehead atoms. The van der Waals surface area contributed by atoms with Crippen LogP contribution < -0.4 is 4.74 Å². The molecule has 1 aromatic heterocycles. The molecule has 24 heavy (non-hydrogen) atoms. The summed E-state index contributed by atoms with van der Waals surface area (Å²) in [7, 11) is 0. The minimum atomic E-state index is -0.505. The summed E-state index contributed by atoms with van der Waals surface area (Å²) in [5.41, 5.74) is 0.787. The Kier molecular flexibility index (Phi) is 5.78. The van der Waals surface area contributed by atoms with E-state index in [1.807, 2.05) is 27.7 Å². The predicted molar refractivity (Wildman–Crippen MR) is 95.1 cm³/mol. The fourth-order valence-electron chi connectivity index (χ4n) is 1.98. The molecule has 0 aliphatic heterocycles. The zero-order valence-electron chi connectivity index (χ0n) is 14.4. The largest absolute Gasteiger partial charge is 0.493 e. The zero-order valence-corrected chi connectivity index (χ0v) is 15.2. The highest BCUT2D eigenvalue weighted by molar-refractivity contribution is 6.30. The molecule has 1 aromatic carbocycles. The summed E-state index contributed by atoms with van der Waals surface area (Å²) in [6.45, 7) is 8.23. The van der Waals surface area contributed by atoms with Crippen molar-refractivity contribution in [2.45, 2.75) is 34.1 Å². The van der Waals surface area contributed by atoms with Crippen LogP contribution in [0, 0.1) is 5.41 Å². The highest BCUT2D eigenvalue weighted by Gasteiger charge is 2.22. The van der Waals surface area contributed by atoms with Crippen LogP contribution in [0.1, 0.15) is 39.7 Å². The van der Waals surface area contributed by atoms with Crippen LogP contribution in [0.5, 0.6) is 5.75 Å². The Bertz CT molecular complexity index is 731. The fraction of sp³-hybridized carbons (Fsp3) is 0.389. The number of hydrogen-bond donors (Lipinski definition) is 0. The van der Waals surface area contributed by atoms with E-state index < -0.39 is 5.41 Å². The maximum Gasteiger partial charge on any atom is 0.163 e. The van der Waals surface area contributed by atoms with E-state index in [1.54, 1.807) is 35.3 Å². The highest BCUT2D eigenvalue weighted by Crippen LogP contribution is 2.31. The SMILES string of the molecule is CCCOc1ccc(Cl)cc1/C(=C\C(=O)C(C)(C)C)n1cncn1. The average molecular weight is 348 g/mol. The predicted octanol–water partition coefficient (Wildman–Crippen LogP) is 4.22. The Morgan fingerprint density at radius 3 is 2.71 bits per heavy atom. The van der Waals surface area contributed by atoms with Crippen molar-refractivity contribution in [1.82, 2.24) is 14.8 Å². The van der Waals surface area contributed by atoms with Gasteiger partial charge < -0.3 is 4.74 Å². The molecule has 0 spiro atoms. The summed E-state index contributed by atoms with van der Waals surface area (Å²) in [4.78, 5) is 16.5. The van der Waals surface area contributed by atoms with Crippen molar-refractivity contribution < 1.29 is 9.53 Å². The van der Waals surface area contributed by atoms with Gasteiger partial charge in [0.1, 0.15) is 18.4 Å². The monoisotopic (exact) mass is 347 g/mol. The van der Waals surface area contributed by atoms with Crippen molar-refractivity contribution in [1.29, 1.82) is 0 Å². The van der Waals surface area contributed by atoms with E-state index in [1.165, 1.54) is 6.33 Å². The first kappa shape index (κ1) is 18.2. The van der Waals surface area contributed by atoms with Crippen molar-refractivity contribution in [3.63, 3.8) is 0 Å². The van der Waals surface area contributed by atoms with Crippen LogP contribution in [0.4, 0.5) is 0 Å². The fourth-order valence-corrected chi connectivity index (χ4v) is 2.15. The Hall–Kier alpha value is -2.14. The van der Waals surface area contributed by atoms with Gasteiger partial charge in [0.2, 0.25) is 0 Å². The van der Waals surface area contributed by atoms with Gasteiger partial charge in [-0.25, -0.2) is 9.67 Å². The van der Waals surface area contributed by atoms with Gasteiger partial charge >= 0.3 is 0 Å². The lowest BCUT2D eigenvalue weighted by atomic mass is 9.89. The quantitative estimate of drug-likeness (QED) is 0.734. The van der Waals surface area contributed by atoms with E-state index in [0.29, 0.717) is 28.6 Å². The number of carbonyl (C=O) groups excluding carboxylic acids is 1. The van der Waals surface area contributed by atoms with Crippen molar-refractivity contribution in [3.05, 3.63) is 47.5 Å². The minimum absolute atomic E-state index is 0.0191. The third-order valence-corrected chi connectivity index (χ3v) is 3.59. The number of carbonyl (C=O) groups is 1. The number of hydrogen-bond acceptors (Lipinski definition) is 4. The molecular weight excluding hydrogens is 326 g/mol. The molecule has 0 fully saturated rings. The summed E-state index contributed by atoms with van der Waals surface area (Å²) < 4.78 is 7.36. The van der Waals surface area contributed by atoms with E-state index in [-0.39, 0.29) is 5.78 Å². The second-order valence-corrected chi connectivity index (χ2v) is 6.91. The Labute approximate surface area is 147 Å². The van der Waals surface area contributed by atoms with Crippen LogP contribution in [0.2, 0.25) is 5.02 Å². The van der Waals surface area contributed by atoms with Crippen molar-refractivity contribution in [3.8, 4) is 5.75 Å². The van der Waals surface area contributed by atoms with Gasteiger partial charge in [0.25, 0.3) is 0 Å². The van der Waals surface area contributed by atoms with E-state index in [2.05, 4.69) is 10.1 Å². The van der Waals surface area contributed by atoms with E-state index in [9.17, 15) is 4.79 Å². The molecule has 0 unspecified atom stereocenters. The summed E-state index contributed by atoms with van der Waals surface area (Å²) in [5.74, 6) is 0.638. The van der Waals surface area contributed by atoms with Crippen LogP contribution in [0.3, 0.4) is 0 Å². The lowest BCUT2D eigenvalue weighted by molar-refractivity contribution is -0.121. The molecule has 5 nitrogen and oxygen atoms in total. The summed E-state index contributed by atoms with van der Waals surface area (Å²) in [6, 6.07) is 5.34. The molecule has 128 valence electrons. The number of rotatable bonds is 6.